The van der Waals surface area contributed by atoms with Crippen LogP contribution in [0.3, 0.4) is 0 Å². The number of rotatable bonds is 8. The average molecular weight is 411 g/mol. The largest absolute Gasteiger partial charge is 0.497 e. The average Bonchev–Trinajstić information content (AvgIpc) is 2.94. The van der Waals surface area contributed by atoms with Gasteiger partial charge in [0, 0.05) is 19.5 Å². The lowest BCUT2D eigenvalue weighted by molar-refractivity contribution is -0.140. The zero-order valence-corrected chi connectivity index (χ0v) is 17.7. The molecular weight excluding hydrogens is 380 g/mol. The summed E-state index contributed by atoms with van der Waals surface area (Å²) in [6, 6.07) is 14.9. The van der Waals surface area contributed by atoms with Gasteiger partial charge >= 0.3 is 0 Å². The van der Waals surface area contributed by atoms with Gasteiger partial charge in [0.1, 0.15) is 17.5 Å². The van der Waals surface area contributed by atoms with Gasteiger partial charge in [-0.2, -0.15) is 0 Å². The zero-order valence-electron chi connectivity index (χ0n) is 17.7. The topological polar surface area (TPSA) is 67.9 Å². The molecule has 1 N–H and O–H groups in total. The Bertz CT molecular complexity index is 868. The number of methoxy groups -OCH3 is 1. The smallest absolute Gasteiger partial charge is 0.243 e. The van der Waals surface area contributed by atoms with E-state index >= 15 is 0 Å². The van der Waals surface area contributed by atoms with Gasteiger partial charge in [-0.15, -0.1) is 0 Å². The molecule has 1 fully saturated rings. The number of ether oxygens (including phenoxy) is 2. The van der Waals surface area contributed by atoms with Crippen molar-refractivity contribution < 1.29 is 19.1 Å². The first-order valence-electron chi connectivity index (χ1n) is 10.5. The second-order valence-electron chi connectivity index (χ2n) is 7.43. The molecule has 0 unspecified atom stereocenters. The van der Waals surface area contributed by atoms with Crippen molar-refractivity contribution in [2.45, 2.75) is 51.7 Å². The standard InChI is InChI=1S/C24H30N2O4/c1-3-30-21-11-6-8-18(14-21)16-25-24(28)22-12-4-5-13-23(27)26(22)17-19-9-7-10-20(15-19)29-2/h6-11,14-15,22H,3-5,12-13,16-17H2,1-2H3,(H,25,28)/t22-/m0/s1. The van der Waals surface area contributed by atoms with Crippen molar-refractivity contribution in [1.29, 1.82) is 0 Å². The number of amides is 2. The second kappa shape index (κ2) is 10.7. The van der Waals surface area contributed by atoms with E-state index in [9.17, 15) is 9.59 Å². The molecule has 30 heavy (non-hydrogen) atoms. The summed E-state index contributed by atoms with van der Waals surface area (Å²) in [4.78, 5) is 27.5. The van der Waals surface area contributed by atoms with Gasteiger partial charge in [0.15, 0.2) is 0 Å². The molecule has 6 heteroatoms. The zero-order chi connectivity index (χ0) is 21.3. The molecule has 0 saturated carbocycles. The third-order valence-electron chi connectivity index (χ3n) is 5.28. The Balaban J connectivity index is 1.70. The van der Waals surface area contributed by atoms with Gasteiger partial charge in [-0.3, -0.25) is 9.59 Å². The highest BCUT2D eigenvalue weighted by atomic mass is 16.5. The van der Waals surface area contributed by atoms with Crippen LogP contribution in [-0.2, 0) is 22.7 Å². The van der Waals surface area contributed by atoms with Gasteiger partial charge in [0.2, 0.25) is 11.8 Å². The van der Waals surface area contributed by atoms with Crippen molar-refractivity contribution in [3.05, 3.63) is 59.7 Å². The Morgan fingerprint density at radius 3 is 2.60 bits per heavy atom. The molecule has 0 radical (unpaired) electrons. The van der Waals surface area contributed by atoms with Crippen molar-refractivity contribution in [3.8, 4) is 11.5 Å². The van der Waals surface area contributed by atoms with Crippen LogP contribution in [0.4, 0.5) is 0 Å². The van der Waals surface area contributed by atoms with Crippen LogP contribution in [0.15, 0.2) is 48.5 Å². The maximum Gasteiger partial charge on any atom is 0.243 e. The van der Waals surface area contributed by atoms with E-state index in [-0.39, 0.29) is 11.8 Å². The number of carbonyl (C=O) groups excluding carboxylic acids is 2. The van der Waals surface area contributed by atoms with Gasteiger partial charge in [0.25, 0.3) is 0 Å². The number of carbonyl (C=O) groups is 2. The quantitative estimate of drug-likeness (QED) is 0.721. The summed E-state index contributed by atoms with van der Waals surface area (Å²) in [5.41, 5.74) is 1.92. The molecule has 1 atom stereocenters. The van der Waals surface area contributed by atoms with Gasteiger partial charge in [-0.05, 0) is 55.2 Å². The lowest BCUT2D eigenvalue weighted by atomic mass is 10.1. The van der Waals surface area contributed by atoms with Crippen molar-refractivity contribution in [3.63, 3.8) is 0 Å². The SMILES string of the molecule is CCOc1cccc(CNC(=O)[C@@H]2CCCCC(=O)N2Cc2cccc(OC)c2)c1. The molecule has 160 valence electrons. The minimum atomic E-state index is -0.471. The lowest BCUT2D eigenvalue weighted by Gasteiger charge is -2.29. The van der Waals surface area contributed by atoms with E-state index in [1.54, 1.807) is 12.0 Å². The molecule has 1 heterocycles. The van der Waals surface area contributed by atoms with E-state index in [0.29, 0.717) is 32.5 Å². The number of likely N-dealkylation sites (tertiary alicyclic amines) is 1. The summed E-state index contributed by atoms with van der Waals surface area (Å²) in [6.45, 7) is 3.33. The molecule has 1 aliphatic heterocycles. The van der Waals surface area contributed by atoms with Gasteiger partial charge in [-0.1, -0.05) is 30.7 Å². The second-order valence-corrected chi connectivity index (χ2v) is 7.43. The fourth-order valence-electron chi connectivity index (χ4n) is 3.74. The normalized spacial score (nSPS) is 16.7. The van der Waals surface area contributed by atoms with Crippen molar-refractivity contribution in [2.24, 2.45) is 0 Å². The van der Waals surface area contributed by atoms with Crippen LogP contribution in [0.1, 0.15) is 43.7 Å². The number of hydrogen-bond acceptors (Lipinski definition) is 4. The number of nitrogens with one attached hydrogen (secondary N) is 1. The Hall–Kier alpha value is -3.02. The Labute approximate surface area is 178 Å². The maximum atomic E-state index is 13.0. The number of nitrogens with zero attached hydrogens (tertiary/aromatic N) is 1. The molecule has 3 rings (SSSR count). The van der Waals surface area contributed by atoms with Crippen LogP contribution >= 0.6 is 0 Å². The van der Waals surface area contributed by atoms with Gasteiger partial charge in [-0.25, -0.2) is 0 Å². The molecule has 0 aromatic heterocycles. The summed E-state index contributed by atoms with van der Waals surface area (Å²) in [7, 11) is 1.62. The highest BCUT2D eigenvalue weighted by molar-refractivity contribution is 5.88. The minimum Gasteiger partial charge on any atom is -0.497 e. The third kappa shape index (κ3) is 5.75. The fraction of sp³-hybridized carbons (Fsp3) is 0.417. The van der Waals surface area contributed by atoms with Crippen LogP contribution < -0.4 is 14.8 Å². The molecule has 0 spiro atoms. The van der Waals surface area contributed by atoms with Crippen LogP contribution in [0.25, 0.3) is 0 Å². The first-order valence-corrected chi connectivity index (χ1v) is 10.5. The number of benzene rings is 2. The highest BCUT2D eigenvalue weighted by Crippen LogP contribution is 2.23. The predicted molar refractivity (Wildman–Crippen MR) is 115 cm³/mol. The fourth-order valence-corrected chi connectivity index (χ4v) is 3.74. The maximum absolute atomic E-state index is 13.0. The van der Waals surface area contributed by atoms with Crippen molar-refractivity contribution in [1.82, 2.24) is 10.2 Å². The monoisotopic (exact) mass is 410 g/mol. The van der Waals surface area contributed by atoms with Gasteiger partial charge in [0.05, 0.1) is 13.7 Å². The van der Waals surface area contributed by atoms with E-state index in [0.717, 1.165) is 35.5 Å². The Morgan fingerprint density at radius 2 is 1.83 bits per heavy atom. The summed E-state index contributed by atoms with van der Waals surface area (Å²) >= 11 is 0. The van der Waals surface area contributed by atoms with Crippen LogP contribution in [0.2, 0.25) is 0 Å². The summed E-state index contributed by atoms with van der Waals surface area (Å²) in [6.07, 6.45) is 2.82. The van der Waals surface area contributed by atoms with E-state index in [1.807, 2.05) is 55.5 Å². The summed E-state index contributed by atoms with van der Waals surface area (Å²) in [5, 5.41) is 3.01. The van der Waals surface area contributed by atoms with Crippen LogP contribution in [-0.4, -0.2) is 36.5 Å². The first-order chi connectivity index (χ1) is 14.6. The molecule has 2 aromatic carbocycles. The van der Waals surface area contributed by atoms with E-state index in [2.05, 4.69) is 5.32 Å². The molecule has 0 aliphatic carbocycles. The predicted octanol–water partition coefficient (Wildman–Crippen LogP) is 3.68. The van der Waals surface area contributed by atoms with Crippen molar-refractivity contribution >= 4 is 11.8 Å². The molecule has 1 saturated heterocycles. The minimum absolute atomic E-state index is 0.0220. The van der Waals surface area contributed by atoms with E-state index in [1.165, 1.54) is 0 Å². The number of hydrogen-bond donors (Lipinski definition) is 1. The van der Waals surface area contributed by atoms with E-state index < -0.39 is 6.04 Å². The molecule has 2 aromatic rings. The van der Waals surface area contributed by atoms with Crippen LogP contribution in [0.5, 0.6) is 11.5 Å². The lowest BCUT2D eigenvalue weighted by Crippen LogP contribution is -2.48. The molecule has 2 amide bonds. The Kier molecular flexibility index (Phi) is 7.71. The summed E-state index contributed by atoms with van der Waals surface area (Å²) < 4.78 is 10.8. The van der Waals surface area contributed by atoms with Crippen molar-refractivity contribution in [2.75, 3.05) is 13.7 Å². The molecule has 6 nitrogen and oxygen atoms in total. The summed E-state index contributed by atoms with van der Waals surface area (Å²) in [5.74, 6) is 1.43. The third-order valence-corrected chi connectivity index (χ3v) is 5.28. The van der Waals surface area contributed by atoms with Crippen LogP contribution in [0, 0.1) is 0 Å². The van der Waals surface area contributed by atoms with E-state index in [4.69, 9.17) is 9.47 Å². The van der Waals surface area contributed by atoms with Gasteiger partial charge < -0.3 is 19.7 Å². The molecule has 1 aliphatic rings. The highest BCUT2D eigenvalue weighted by Gasteiger charge is 2.31. The first kappa shape index (κ1) is 21.7. The Morgan fingerprint density at radius 1 is 1.10 bits per heavy atom. The molecular formula is C24H30N2O4. The molecule has 0 bridgehead atoms.